The van der Waals surface area contributed by atoms with Crippen LogP contribution in [-0.2, 0) is 22.2 Å². The highest BCUT2D eigenvalue weighted by Gasteiger charge is 2.30. The van der Waals surface area contributed by atoms with E-state index in [0.717, 1.165) is 18.6 Å². The molecule has 1 aromatic rings. The Morgan fingerprint density at radius 1 is 1.39 bits per heavy atom. The first kappa shape index (κ1) is 12.9. The summed E-state index contributed by atoms with van der Waals surface area (Å²) in [6.45, 7) is 0.978. The number of nitrogens with zero attached hydrogens (tertiary/aromatic N) is 1. The van der Waals surface area contributed by atoms with Gasteiger partial charge in [0.1, 0.15) is 0 Å². The smallest absolute Gasteiger partial charge is 0.272 e. The Morgan fingerprint density at radius 2 is 2.17 bits per heavy atom. The SMILES string of the molecule is O=C(Cc1cccc(C(F)(F)F)c1)N1CCCO1. The van der Waals surface area contributed by atoms with Crippen molar-refractivity contribution in [3.05, 3.63) is 35.4 Å². The summed E-state index contributed by atoms with van der Waals surface area (Å²) in [4.78, 5) is 16.7. The lowest BCUT2D eigenvalue weighted by atomic mass is 10.1. The first-order valence-electron chi connectivity index (χ1n) is 5.56. The monoisotopic (exact) mass is 259 g/mol. The number of carbonyl (C=O) groups is 1. The van der Waals surface area contributed by atoms with E-state index in [4.69, 9.17) is 4.84 Å². The normalized spacial score (nSPS) is 16.1. The molecule has 6 heteroatoms. The lowest BCUT2D eigenvalue weighted by Crippen LogP contribution is -2.28. The molecule has 1 fully saturated rings. The molecule has 1 amide bonds. The van der Waals surface area contributed by atoms with Gasteiger partial charge in [-0.15, -0.1) is 0 Å². The van der Waals surface area contributed by atoms with Crippen LogP contribution in [-0.4, -0.2) is 24.1 Å². The highest BCUT2D eigenvalue weighted by Crippen LogP contribution is 2.29. The van der Waals surface area contributed by atoms with Crippen molar-refractivity contribution < 1.29 is 22.8 Å². The van der Waals surface area contributed by atoms with Crippen molar-refractivity contribution in [2.24, 2.45) is 0 Å². The fourth-order valence-electron chi connectivity index (χ4n) is 1.76. The van der Waals surface area contributed by atoms with Crippen LogP contribution in [0.15, 0.2) is 24.3 Å². The van der Waals surface area contributed by atoms with E-state index in [1.807, 2.05) is 0 Å². The summed E-state index contributed by atoms with van der Waals surface area (Å²) < 4.78 is 37.5. The van der Waals surface area contributed by atoms with Crippen molar-refractivity contribution in [2.75, 3.05) is 13.2 Å². The first-order valence-corrected chi connectivity index (χ1v) is 5.56. The zero-order valence-electron chi connectivity index (χ0n) is 9.54. The van der Waals surface area contributed by atoms with Crippen LogP contribution in [0.25, 0.3) is 0 Å². The average molecular weight is 259 g/mol. The molecule has 0 aromatic heterocycles. The summed E-state index contributed by atoms with van der Waals surface area (Å²) in [5, 5.41) is 1.21. The fraction of sp³-hybridized carbons (Fsp3) is 0.417. The van der Waals surface area contributed by atoms with Crippen molar-refractivity contribution in [2.45, 2.75) is 19.0 Å². The number of alkyl halides is 3. The Labute approximate surface area is 102 Å². The molecule has 0 spiro atoms. The van der Waals surface area contributed by atoms with Gasteiger partial charge < -0.3 is 0 Å². The number of hydrogen-bond acceptors (Lipinski definition) is 2. The third-order valence-corrected chi connectivity index (χ3v) is 2.64. The largest absolute Gasteiger partial charge is 0.416 e. The summed E-state index contributed by atoms with van der Waals surface area (Å²) in [6, 6.07) is 4.79. The van der Waals surface area contributed by atoms with Gasteiger partial charge >= 0.3 is 6.18 Å². The molecular formula is C12H12F3NO2. The second kappa shape index (κ2) is 4.97. The molecule has 1 aliphatic rings. The van der Waals surface area contributed by atoms with Gasteiger partial charge in [0, 0.05) is 0 Å². The number of amides is 1. The molecule has 0 N–H and O–H groups in total. The zero-order valence-corrected chi connectivity index (χ0v) is 9.54. The molecule has 0 bridgehead atoms. The van der Waals surface area contributed by atoms with Gasteiger partial charge in [0.25, 0.3) is 5.91 Å². The van der Waals surface area contributed by atoms with Gasteiger partial charge in [-0.1, -0.05) is 18.2 Å². The molecule has 0 atom stereocenters. The Morgan fingerprint density at radius 3 is 2.78 bits per heavy atom. The van der Waals surface area contributed by atoms with Crippen LogP contribution >= 0.6 is 0 Å². The lowest BCUT2D eigenvalue weighted by molar-refractivity contribution is -0.167. The third-order valence-electron chi connectivity index (χ3n) is 2.64. The standard InChI is InChI=1S/C12H12F3NO2/c13-12(14,15)10-4-1-3-9(7-10)8-11(17)16-5-2-6-18-16/h1,3-4,7H,2,5-6,8H2. The summed E-state index contributed by atoms with van der Waals surface area (Å²) in [5.74, 6) is -0.313. The predicted molar refractivity (Wildman–Crippen MR) is 57.4 cm³/mol. The summed E-state index contributed by atoms with van der Waals surface area (Å²) in [6.07, 6.45) is -3.71. The van der Waals surface area contributed by atoms with Gasteiger partial charge in [0.2, 0.25) is 0 Å². The first-order chi connectivity index (χ1) is 8.47. The molecule has 3 nitrogen and oxygen atoms in total. The average Bonchev–Trinajstić information content (AvgIpc) is 2.81. The highest BCUT2D eigenvalue weighted by atomic mass is 19.4. The lowest BCUT2D eigenvalue weighted by Gasteiger charge is -2.14. The minimum absolute atomic E-state index is 0.0794. The van der Waals surface area contributed by atoms with E-state index in [9.17, 15) is 18.0 Å². The van der Waals surface area contributed by atoms with Crippen LogP contribution in [0.4, 0.5) is 13.2 Å². The third kappa shape index (κ3) is 3.01. The molecule has 1 aliphatic heterocycles. The maximum atomic E-state index is 12.5. The maximum Gasteiger partial charge on any atom is 0.416 e. The van der Waals surface area contributed by atoms with Crippen LogP contribution in [0.1, 0.15) is 17.5 Å². The van der Waals surface area contributed by atoms with Crippen LogP contribution in [0.3, 0.4) is 0 Å². The number of rotatable bonds is 2. The summed E-state index contributed by atoms with van der Waals surface area (Å²) in [5.41, 5.74) is -0.402. The van der Waals surface area contributed by atoms with Crippen LogP contribution in [0.2, 0.25) is 0 Å². The minimum Gasteiger partial charge on any atom is -0.272 e. The van der Waals surface area contributed by atoms with Gasteiger partial charge in [0.05, 0.1) is 25.1 Å². The Bertz CT molecular complexity index is 439. The van der Waals surface area contributed by atoms with Crippen LogP contribution in [0.5, 0.6) is 0 Å². The molecule has 0 aliphatic carbocycles. The minimum atomic E-state index is -4.39. The van der Waals surface area contributed by atoms with E-state index in [2.05, 4.69) is 0 Å². The van der Waals surface area contributed by atoms with Gasteiger partial charge in [-0.3, -0.25) is 9.63 Å². The van der Waals surface area contributed by atoms with Crippen molar-refractivity contribution in [3.63, 3.8) is 0 Å². The van der Waals surface area contributed by atoms with Gasteiger partial charge in [-0.25, -0.2) is 5.06 Å². The molecule has 18 heavy (non-hydrogen) atoms. The Balaban J connectivity index is 2.07. The molecule has 1 saturated heterocycles. The number of halogens is 3. The van der Waals surface area contributed by atoms with E-state index < -0.39 is 11.7 Å². The summed E-state index contributed by atoms with van der Waals surface area (Å²) in [7, 11) is 0. The number of carbonyl (C=O) groups excluding carboxylic acids is 1. The van der Waals surface area contributed by atoms with Crippen LogP contribution in [0, 0.1) is 0 Å². The molecule has 0 unspecified atom stereocenters. The van der Waals surface area contributed by atoms with Crippen molar-refractivity contribution in [1.29, 1.82) is 0 Å². The molecule has 0 saturated carbocycles. The second-order valence-corrected chi connectivity index (χ2v) is 4.06. The van der Waals surface area contributed by atoms with Gasteiger partial charge in [-0.2, -0.15) is 13.2 Å². The summed E-state index contributed by atoms with van der Waals surface area (Å²) >= 11 is 0. The van der Waals surface area contributed by atoms with E-state index in [-0.39, 0.29) is 12.3 Å². The number of hydrogen-bond donors (Lipinski definition) is 0. The topological polar surface area (TPSA) is 29.5 Å². The van der Waals surface area contributed by atoms with E-state index in [1.54, 1.807) is 0 Å². The van der Waals surface area contributed by atoms with Crippen molar-refractivity contribution in [1.82, 2.24) is 5.06 Å². The second-order valence-electron chi connectivity index (χ2n) is 4.06. The number of benzene rings is 1. The van der Waals surface area contributed by atoms with Gasteiger partial charge in [0.15, 0.2) is 0 Å². The molecule has 2 rings (SSSR count). The van der Waals surface area contributed by atoms with Crippen molar-refractivity contribution in [3.8, 4) is 0 Å². The van der Waals surface area contributed by atoms with Crippen molar-refractivity contribution >= 4 is 5.91 Å². The highest BCUT2D eigenvalue weighted by molar-refractivity contribution is 5.78. The molecular weight excluding hydrogens is 247 g/mol. The molecule has 98 valence electrons. The molecule has 0 radical (unpaired) electrons. The van der Waals surface area contributed by atoms with Gasteiger partial charge in [-0.05, 0) is 18.1 Å². The zero-order chi connectivity index (χ0) is 13.2. The fourth-order valence-corrected chi connectivity index (χ4v) is 1.76. The molecule has 1 aromatic carbocycles. The number of hydroxylamine groups is 2. The van der Waals surface area contributed by atoms with E-state index in [1.165, 1.54) is 17.2 Å². The predicted octanol–water partition coefficient (Wildman–Crippen LogP) is 2.41. The van der Waals surface area contributed by atoms with E-state index in [0.29, 0.717) is 18.7 Å². The van der Waals surface area contributed by atoms with Crippen LogP contribution < -0.4 is 0 Å². The molecule has 1 heterocycles. The Kier molecular flexibility index (Phi) is 3.56. The quantitative estimate of drug-likeness (QED) is 0.816. The Hall–Kier alpha value is -1.56. The maximum absolute atomic E-state index is 12.5. The van der Waals surface area contributed by atoms with E-state index >= 15 is 0 Å².